The molecule has 1 atom stereocenters. The summed E-state index contributed by atoms with van der Waals surface area (Å²) >= 11 is 6.31. The molecule has 29 heavy (non-hydrogen) atoms. The highest BCUT2D eigenvalue weighted by atomic mass is 35.5. The lowest BCUT2D eigenvalue weighted by Crippen LogP contribution is -2.34. The van der Waals surface area contributed by atoms with Gasteiger partial charge in [-0.25, -0.2) is 8.78 Å². The minimum Gasteiger partial charge on any atom is -0.352 e. The monoisotopic (exact) mass is 420 g/mol. The second kappa shape index (κ2) is 7.98. The van der Waals surface area contributed by atoms with Gasteiger partial charge in [0.2, 0.25) is 5.92 Å². The number of pyridine rings is 1. The van der Waals surface area contributed by atoms with Crippen molar-refractivity contribution in [3.63, 3.8) is 0 Å². The summed E-state index contributed by atoms with van der Waals surface area (Å²) in [6.45, 7) is 0.358. The molecule has 0 spiro atoms. The third kappa shape index (κ3) is 4.42. The molecule has 1 aromatic carbocycles. The molecule has 1 aromatic heterocycles. The molecule has 7 heteroatoms. The second-order valence-corrected chi connectivity index (χ2v) is 8.62. The number of halogens is 3. The Morgan fingerprint density at radius 3 is 2.62 bits per heavy atom. The van der Waals surface area contributed by atoms with Gasteiger partial charge in [0, 0.05) is 49.2 Å². The number of amides is 1. The fourth-order valence-corrected chi connectivity index (χ4v) is 4.60. The Labute approximate surface area is 173 Å². The number of carbonyl (C=O) groups is 2. The third-order valence-electron chi connectivity index (χ3n) is 6.12. The Morgan fingerprint density at radius 1 is 1.17 bits per heavy atom. The van der Waals surface area contributed by atoms with E-state index < -0.39 is 5.92 Å². The van der Waals surface area contributed by atoms with E-state index in [-0.39, 0.29) is 36.4 Å². The number of nitrogens with zero attached hydrogens (tertiary/aromatic N) is 1. The van der Waals surface area contributed by atoms with Gasteiger partial charge in [0.25, 0.3) is 5.91 Å². The molecule has 1 amide bonds. The number of hydrogen-bond acceptors (Lipinski definition) is 3. The van der Waals surface area contributed by atoms with Crippen molar-refractivity contribution in [2.45, 2.75) is 56.8 Å². The van der Waals surface area contributed by atoms with E-state index in [0.717, 1.165) is 12.1 Å². The molecule has 4 rings (SSSR count). The van der Waals surface area contributed by atoms with Gasteiger partial charge in [-0.2, -0.15) is 0 Å². The molecular weight excluding hydrogens is 398 g/mol. The number of carbonyl (C=O) groups excluding carboxylic acids is 2. The number of rotatable bonds is 4. The first-order valence-corrected chi connectivity index (χ1v) is 10.5. The molecule has 154 valence electrons. The van der Waals surface area contributed by atoms with Gasteiger partial charge in [0.05, 0.1) is 16.1 Å². The fourth-order valence-electron chi connectivity index (χ4n) is 4.35. The lowest BCUT2D eigenvalue weighted by molar-refractivity contribution is -0.117. The van der Waals surface area contributed by atoms with Crippen LogP contribution in [0.1, 0.15) is 66.9 Å². The van der Waals surface area contributed by atoms with E-state index in [9.17, 15) is 18.4 Å². The lowest BCUT2D eigenvalue weighted by atomic mass is 9.87. The van der Waals surface area contributed by atoms with E-state index >= 15 is 0 Å². The predicted octanol–water partition coefficient (Wildman–Crippen LogP) is 5.28. The Kier molecular flexibility index (Phi) is 5.56. The van der Waals surface area contributed by atoms with Gasteiger partial charge in [-0.15, -0.1) is 0 Å². The van der Waals surface area contributed by atoms with Crippen LogP contribution in [-0.2, 0) is 4.79 Å². The minimum atomic E-state index is -2.58. The van der Waals surface area contributed by atoms with Gasteiger partial charge < -0.3 is 5.32 Å². The molecular formula is C22H23ClF2N2O2. The maximum Gasteiger partial charge on any atom is 0.253 e. The molecule has 0 saturated heterocycles. The number of Topliss-reactive ketones (excluding diaryl/α,β-unsaturated/α-hetero) is 1. The molecule has 1 heterocycles. The zero-order valence-electron chi connectivity index (χ0n) is 16.0. The van der Waals surface area contributed by atoms with Crippen molar-refractivity contribution in [3.05, 3.63) is 40.5 Å². The Balaban J connectivity index is 1.51. The summed E-state index contributed by atoms with van der Waals surface area (Å²) in [7, 11) is 0. The van der Waals surface area contributed by atoms with Crippen LogP contribution in [0.25, 0.3) is 10.9 Å². The first-order valence-electron chi connectivity index (χ1n) is 10.1. The van der Waals surface area contributed by atoms with E-state index in [2.05, 4.69) is 10.3 Å². The Bertz CT molecular complexity index is 953. The van der Waals surface area contributed by atoms with Crippen molar-refractivity contribution in [2.75, 3.05) is 6.54 Å². The van der Waals surface area contributed by atoms with Crippen molar-refractivity contribution >= 4 is 34.2 Å². The number of alkyl halides is 2. The fraction of sp³-hybridized carbons (Fsp3) is 0.500. The van der Waals surface area contributed by atoms with Crippen LogP contribution in [0.15, 0.2) is 24.3 Å². The summed E-state index contributed by atoms with van der Waals surface area (Å²) in [5.74, 6) is -2.45. The molecule has 2 fully saturated rings. The maximum absolute atomic E-state index is 13.3. The Hall–Kier alpha value is -2.08. The molecule has 0 aliphatic heterocycles. The van der Waals surface area contributed by atoms with Gasteiger partial charge in [0.1, 0.15) is 5.78 Å². The number of nitrogens with one attached hydrogen (secondary N) is 1. The van der Waals surface area contributed by atoms with Crippen LogP contribution in [0.5, 0.6) is 0 Å². The van der Waals surface area contributed by atoms with E-state index in [1.807, 2.05) is 12.1 Å². The summed E-state index contributed by atoms with van der Waals surface area (Å²) in [5, 5.41) is 3.84. The van der Waals surface area contributed by atoms with Crippen LogP contribution in [-0.4, -0.2) is 29.1 Å². The van der Waals surface area contributed by atoms with Crippen LogP contribution in [0, 0.1) is 5.92 Å². The standard InChI is InChI=1S/C22H23ClF2N2O2/c23-17-4-6-19-16(3-5-18(27-19)14-1-2-15(28)11-14)20(17)21(29)26-12-13-7-9-22(24,25)10-8-13/h3-6,13-14H,1-2,7-12H2,(H,26,29). The zero-order valence-corrected chi connectivity index (χ0v) is 16.8. The van der Waals surface area contributed by atoms with Gasteiger partial charge in [0.15, 0.2) is 0 Å². The van der Waals surface area contributed by atoms with Gasteiger partial charge in [-0.3, -0.25) is 14.6 Å². The van der Waals surface area contributed by atoms with E-state index in [1.165, 1.54) is 0 Å². The topological polar surface area (TPSA) is 59.1 Å². The van der Waals surface area contributed by atoms with Crippen molar-refractivity contribution in [2.24, 2.45) is 5.92 Å². The number of benzene rings is 1. The van der Waals surface area contributed by atoms with Crippen molar-refractivity contribution < 1.29 is 18.4 Å². The summed E-state index contributed by atoms with van der Waals surface area (Å²) in [5.41, 5.74) is 1.88. The number of ketones is 1. The molecule has 2 aliphatic rings. The molecule has 0 radical (unpaired) electrons. The first-order chi connectivity index (χ1) is 13.8. The van der Waals surface area contributed by atoms with E-state index in [1.54, 1.807) is 12.1 Å². The summed E-state index contributed by atoms with van der Waals surface area (Å²) < 4.78 is 26.6. The van der Waals surface area contributed by atoms with E-state index in [4.69, 9.17) is 11.6 Å². The molecule has 2 aromatic rings. The van der Waals surface area contributed by atoms with Crippen molar-refractivity contribution in [3.8, 4) is 0 Å². The summed E-state index contributed by atoms with van der Waals surface area (Å²) in [6.07, 6.45) is 2.46. The SMILES string of the molecule is O=C1CCC(c2ccc3c(C(=O)NCC4CCC(F)(F)CC4)c(Cl)ccc3n2)C1. The summed E-state index contributed by atoms with van der Waals surface area (Å²) in [4.78, 5) is 29.1. The average molecular weight is 421 g/mol. The smallest absolute Gasteiger partial charge is 0.253 e. The van der Waals surface area contributed by atoms with Crippen molar-refractivity contribution in [1.82, 2.24) is 10.3 Å². The number of aromatic nitrogens is 1. The van der Waals surface area contributed by atoms with Crippen LogP contribution < -0.4 is 5.32 Å². The minimum absolute atomic E-state index is 0.0527. The molecule has 1 unspecified atom stereocenters. The quantitative estimate of drug-likeness (QED) is 0.732. The molecule has 2 saturated carbocycles. The highest BCUT2D eigenvalue weighted by molar-refractivity contribution is 6.35. The van der Waals surface area contributed by atoms with Crippen molar-refractivity contribution in [1.29, 1.82) is 0 Å². The van der Waals surface area contributed by atoms with Crippen LogP contribution in [0.3, 0.4) is 0 Å². The zero-order chi connectivity index (χ0) is 20.6. The maximum atomic E-state index is 13.3. The number of fused-ring (bicyclic) bond motifs is 1. The summed E-state index contributed by atoms with van der Waals surface area (Å²) in [6, 6.07) is 7.12. The van der Waals surface area contributed by atoms with Gasteiger partial charge >= 0.3 is 0 Å². The van der Waals surface area contributed by atoms with Crippen LogP contribution in [0.2, 0.25) is 5.02 Å². The normalized spacial score (nSPS) is 22.2. The predicted molar refractivity (Wildman–Crippen MR) is 108 cm³/mol. The molecule has 0 bridgehead atoms. The third-order valence-corrected chi connectivity index (χ3v) is 6.44. The molecule has 1 N–H and O–H groups in total. The lowest BCUT2D eigenvalue weighted by Gasteiger charge is -2.28. The van der Waals surface area contributed by atoms with E-state index in [0.29, 0.717) is 53.7 Å². The largest absolute Gasteiger partial charge is 0.352 e. The Morgan fingerprint density at radius 2 is 1.93 bits per heavy atom. The molecule has 2 aliphatic carbocycles. The van der Waals surface area contributed by atoms with Crippen LogP contribution in [0.4, 0.5) is 8.78 Å². The second-order valence-electron chi connectivity index (χ2n) is 8.21. The van der Waals surface area contributed by atoms with Gasteiger partial charge in [-0.05, 0) is 43.4 Å². The van der Waals surface area contributed by atoms with Gasteiger partial charge in [-0.1, -0.05) is 17.7 Å². The number of hydrogen-bond donors (Lipinski definition) is 1. The highest BCUT2D eigenvalue weighted by Gasteiger charge is 2.35. The average Bonchev–Trinajstić information content (AvgIpc) is 3.13. The van der Waals surface area contributed by atoms with Crippen LogP contribution >= 0.6 is 11.6 Å². The highest BCUT2D eigenvalue weighted by Crippen LogP contribution is 2.36. The molecule has 4 nitrogen and oxygen atoms in total. The first kappa shape index (κ1) is 20.2.